The molecule has 1 aromatic rings. The quantitative estimate of drug-likeness (QED) is 0.563. The molecular formula is C26H33NO2. The Morgan fingerprint density at radius 1 is 1.00 bits per heavy atom. The van der Waals surface area contributed by atoms with Gasteiger partial charge < -0.3 is 5.32 Å². The number of aldehydes is 1. The van der Waals surface area contributed by atoms with E-state index in [4.69, 9.17) is 0 Å². The van der Waals surface area contributed by atoms with Gasteiger partial charge in [-0.2, -0.15) is 0 Å². The molecule has 0 radical (unpaired) electrons. The first-order valence-electron chi connectivity index (χ1n) is 11.3. The van der Waals surface area contributed by atoms with Gasteiger partial charge in [0, 0.05) is 39.3 Å². The van der Waals surface area contributed by atoms with E-state index in [1.54, 1.807) is 0 Å². The second-order valence-corrected chi connectivity index (χ2v) is 11.4. The highest BCUT2D eigenvalue weighted by atomic mass is 16.1. The molecule has 5 aliphatic rings. The Balaban J connectivity index is 1.57. The van der Waals surface area contributed by atoms with Crippen molar-refractivity contribution in [1.82, 2.24) is 5.32 Å². The zero-order chi connectivity index (χ0) is 20.6. The molecule has 4 fully saturated rings. The van der Waals surface area contributed by atoms with Gasteiger partial charge in [0.15, 0.2) is 5.78 Å². The fourth-order valence-electron chi connectivity index (χ4n) is 7.09. The lowest BCUT2D eigenvalue weighted by molar-refractivity contribution is -0.138. The molecule has 1 aliphatic heterocycles. The number of benzene rings is 1. The highest BCUT2D eigenvalue weighted by Gasteiger charge is 2.54. The maximum Gasteiger partial charge on any atom is 0.163 e. The summed E-state index contributed by atoms with van der Waals surface area (Å²) >= 11 is 0. The topological polar surface area (TPSA) is 46.2 Å². The average Bonchev–Trinajstić information content (AvgIpc) is 2.64. The third kappa shape index (κ3) is 2.76. The van der Waals surface area contributed by atoms with Crippen molar-refractivity contribution in [3.8, 4) is 0 Å². The van der Waals surface area contributed by atoms with Crippen LogP contribution in [0.4, 0.5) is 0 Å². The fourth-order valence-corrected chi connectivity index (χ4v) is 7.09. The molecule has 0 aromatic heterocycles. The maximum absolute atomic E-state index is 13.7. The number of hydrogen-bond acceptors (Lipinski definition) is 3. The third-order valence-electron chi connectivity index (χ3n) is 8.99. The van der Waals surface area contributed by atoms with Crippen LogP contribution in [0, 0.1) is 23.2 Å². The number of fused-ring (bicyclic) bond motifs is 1. The summed E-state index contributed by atoms with van der Waals surface area (Å²) in [7, 11) is 0. The van der Waals surface area contributed by atoms with Crippen molar-refractivity contribution in [2.75, 3.05) is 0 Å². The molecule has 0 unspecified atom stereocenters. The molecule has 4 bridgehead atoms. The second-order valence-electron chi connectivity index (χ2n) is 11.4. The summed E-state index contributed by atoms with van der Waals surface area (Å²) in [4.78, 5) is 25.1. The first-order valence-corrected chi connectivity index (χ1v) is 11.3. The molecule has 154 valence electrons. The SMILES string of the molecule is CC1(C)N/C(=C/C(=O)C23CC4CC(CC(C4)C2)C3)c2ccc(C=O)cc2C1(C)C. The molecule has 29 heavy (non-hydrogen) atoms. The van der Waals surface area contributed by atoms with Crippen molar-refractivity contribution in [3.05, 3.63) is 41.0 Å². The van der Waals surface area contributed by atoms with Crippen LogP contribution in [0.3, 0.4) is 0 Å². The summed E-state index contributed by atoms with van der Waals surface area (Å²) in [5, 5.41) is 3.69. The number of allylic oxidation sites excluding steroid dienone is 1. The van der Waals surface area contributed by atoms with Crippen LogP contribution < -0.4 is 5.32 Å². The van der Waals surface area contributed by atoms with Crippen molar-refractivity contribution >= 4 is 17.8 Å². The lowest BCUT2D eigenvalue weighted by atomic mass is 9.48. The van der Waals surface area contributed by atoms with Crippen LogP contribution in [0.5, 0.6) is 0 Å². The summed E-state index contributed by atoms with van der Waals surface area (Å²) in [6.07, 6.45) is 10.1. The van der Waals surface area contributed by atoms with Crippen molar-refractivity contribution in [1.29, 1.82) is 0 Å². The van der Waals surface area contributed by atoms with E-state index in [9.17, 15) is 9.59 Å². The largest absolute Gasteiger partial charge is 0.379 e. The molecular weight excluding hydrogens is 358 g/mol. The van der Waals surface area contributed by atoms with E-state index in [1.165, 1.54) is 19.3 Å². The number of ketones is 1. The van der Waals surface area contributed by atoms with Crippen molar-refractivity contribution < 1.29 is 9.59 Å². The van der Waals surface area contributed by atoms with Crippen LogP contribution in [-0.4, -0.2) is 17.6 Å². The van der Waals surface area contributed by atoms with E-state index in [-0.39, 0.29) is 16.4 Å². The second kappa shape index (κ2) is 6.06. The van der Waals surface area contributed by atoms with Crippen molar-refractivity contribution in [2.45, 2.75) is 77.2 Å². The molecule has 3 nitrogen and oxygen atoms in total. The highest BCUT2D eigenvalue weighted by molar-refractivity contribution is 6.01. The predicted octanol–water partition coefficient (Wildman–Crippen LogP) is 5.28. The van der Waals surface area contributed by atoms with Crippen LogP contribution in [0.2, 0.25) is 0 Å². The summed E-state index contributed by atoms with van der Waals surface area (Å²) in [5.74, 6) is 2.63. The Morgan fingerprint density at radius 2 is 1.59 bits per heavy atom. The maximum atomic E-state index is 13.7. The number of rotatable bonds is 3. The van der Waals surface area contributed by atoms with Crippen LogP contribution in [0.1, 0.15) is 87.7 Å². The smallest absolute Gasteiger partial charge is 0.163 e. The first-order chi connectivity index (χ1) is 13.6. The van der Waals surface area contributed by atoms with Gasteiger partial charge in [0.25, 0.3) is 0 Å². The number of hydrogen-bond donors (Lipinski definition) is 1. The van der Waals surface area contributed by atoms with Crippen LogP contribution >= 0.6 is 0 Å². The minimum absolute atomic E-state index is 0.122. The molecule has 3 heteroatoms. The lowest BCUT2D eigenvalue weighted by Gasteiger charge is -2.55. The molecule has 1 heterocycles. The number of carbonyl (C=O) groups excluding carboxylic acids is 2. The highest BCUT2D eigenvalue weighted by Crippen LogP contribution is 2.60. The molecule has 4 aliphatic carbocycles. The molecule has 0 spiro atoms. The zero-order valence-corrected chi connectivity index (χ0v) is 18.2. The van der Waals surface area contributed by atoms with Gasteiger partial charge >= 0.3 is 0 Å². The fraction of sp³-hybridized carbons (Fsp3) is 0.615. The summed E-state index contributed by atoms with van der Waals surface area (Å²) in [5.41, 5.74) is 3.33. The Bertz CT molecular complexity index is 885. The van der Waals surface area contributed by atoms with Gasteiger partial charge in [-0.15, -0.1) is 0 Å². The average molecular weight is 392 g/mol. The van der Waals surface area contributed by atoms with Gasteiger partial charge in [0.1, 0.15) is 6.29 Å². The van der Waals surface area contributed by atoms with Gasteiger partial charge in [0.05, 0.1) is 0 Å². The van der Waals surface area contributed by atoms with E-state index >= 15 is 0 Å². The lowest BCUT2D eigenvalue weighted by Crippen LogP contribution is -2.56. The van der Waals surface area contributed by atoms with Gasteiger partial charge in [-0.1, -0.05) is 26.0 Å². The standard InChI is InChI=1S/C26H33NO2/c1-24(2)21-10-16(15-28)5-6-20(21)22(27-25(24,3)4)11-23(29)26-12-17-7-18(13-26)9-19(8-17)14-26/h5-6,10-11,15,17-19,27H,7-9,12-14H2,1-4H3/b22-11+. The van der Waals surface area contributed by atoms with E-state index in [0.29, 0.717) is 11.3 Å². The van der Waals surface area contributed by atoms with E-state index < -0.39 is 0 Å². The summed E-state index contributed by atoms with van der Waals surface area (Å²) in [6, 6.07) is 5.89. The van der Waals surface area contributed by atoms with E-state index in [0.717, 1.165) is 60.1 Å². The first kappa shape index (κ1) is 19.1. The molecule has 4 saturated carbocycles. The van der Waals surface area contributed by atoms with Crippen LogP contribution in [-0.2, 0) is 10.2 Å². The molecule has 1 N–H and O–H groups in total. The zero-order valence-electron chi connectivity index (χ0n) is 18.2. The predicted molar refractivity (Wildman–Crippen MR) is 116 cm³/mol. The van der Waals surface area contributed by atoms with Crippen LogP contribution in [0.25, 0.3) is 5.70 Å². The Morgan fingerprint density at radius 3 is 2.14 bits per heavy atom. The van der Waals surface area contributed by atoms with E-state index in [2.05, 4.69) is 33.0 Å². The minimum atomic E-state index is -0.227. The van der Waals surface area contributed by atoms with Gasteiger partial charge in [-0.05, 0) is 81.8 Å². The van der Waals surface area contributed by atoms with E-state index in [1.807, 2.05) is 24.3 Å². The Hall–Kier alpha value is -1.90. The van der Waals surface area contributed by atoms with Gasteiger partial charge in [-0.3, -0.25) is 9.59 Å². The monoisotopic (exact) mass is 391 g/mol. The molecule has 0 saturated heterocycles. The molecule has 0 atom stereocenters. The Labute approximate surface area is 174 Å². The third-order valence-corrected chi connectivity index (χ3v) is 8.99. The van der Waals surface area contributed by atoms with Crippen LogP contribution in [0.15, 0.2) is 24.3 Å². The summed E-state index contributed by atoms with van der Waals surface area (Å²) < 4.78 is 0. The normalized spacial score (nSPS) is 37.1. The van der Waals surface area contributed by atoms with Crippen molar-refractivity contribution in [2.24, 2.45) is 23.2 Å². The van der Waals surface area contributed by atoms with Crippen molar-refractivity contribution in [3.63, 3.8) is 0 Å². The van der Waals surface area contributed by atoms with Gasteiger partial charge in [-0.25, -0.2) is 0 Å². The summed E-state index contributed by atoms with van der Waals surface area (Å²) in [6.45, 7) is 8.80. The number of nitrogens with one attached hydrogen (secondary N) is 1. The molecule has 0 amide bonds. The molecule has 1 aromatic carbocycles. The molecule has 6 rings (SSSR count). The number of carbonyl (C=O) groups is 2. The van der Waals surface area contributed by atoms with Gasteiger partial charge in [0.2, 0.25) is 0 Å². The minimum Gasteiger partial charge on any atom is -0.379 e. The Kier molecular flexibility index (Phi) is 3.99.